The third-order valence-electron chi connectivity index (χ3n) is 2.74. The molecule has 0 spiro atoms. The summed E-state index contributed by atoms with van der Waals surface area (Å²) in [6, 6.07) is 10.0. The second kappa shape index (κ2) is 4.30. The van der Waals surface area contributed by atoms with Crippen LogP contribution in [0.5, 0.6) is 0 Å². The lowest BCUT2D eigenvalue weighted by atomic mass is 9.91. The molecule has 1 aromatic rings. The summed E-state index contributed by atoms with van der Waals surface area (Å²) in [6.07, 6.45) is 2.99. The molecule has 2 heteroatoms. The van der Waals surface area contributed by atoms with Gasteiger partial charge in [0.25, 0.3) is 0 Å². The van der Waals surface area contributed by atoms with E-state index in [4.69, 9.17) is 4.74 Å². The van der Waals surface area contributed by atoms with Gasteiger partial charge in [-0.3, -0.25) is 4.79 Å². The predicted octanol–water partition coefficient (Wildman–Crippen LogP) is 2.66. The predicted molar refractivity (Wildman–Crippen MR) is 58.5 cm³/mol. The fourth-order valence-electron chi connectivity index (χ4n) is 2.02. The maximum atomic E-state index is 11.3. The van der Waals surface area contributed by atoms with Crippen molar-refractivity contribution >= 4 is 5.97 Å². The molecule has 2 rings (SSSR count). The topological polar surface area (TPSA) is 26.3 Å². The fourth-order valence-corrected chi connectivity index (χ4v) is 2.02. The van der Waals surface area contributed by atoms with Crippen LogP contribution in [0.15, 0.2) is 43.0 Å². The molecule has 0 aromatic heterocycles. The second-order valence-corrected chi connectivity index (χ2v) is 3.77. The molecule has 1 aliphatic heterocycles. The highest BCUT2D eigenvalue weighted by Gasteiger charge is 2.34. The molecule has 2 nitrogen and oxygen atoms in total. The van der Waals surface area contributed by atoms with E-state index in [-0.39, 0.29) is 18.0 Å². The van der Waals surface area contributed by atoms with Crippen molar-refractivity contribution in [2.75, 3.05) is 0 Å². The van der Waals surface area contributed by atoms with Crippen molar-refractivity contribution < 1.29 is 9.53 Å². The normalized spacial score (nSPS) is 24.9. The maximum Gasteiger partial charge on any atom is 0.306 e. The van der Waals surface area contributed by atoms with Gasteiger partial charge in [0.2, 0.25) is 0 Å². The smallest absolute Gasteiger partial charge is 0.306 e. The highest BCUT2D eigenvalue weighted by molar-refractivity contribution is 5.73. The van der Waals surface area contributed by atoms with Crippen LogP contribution in [0.3, 0.4) is 0 Å². The van der Waals surface area contributed by atoms with Gasteiger partial charge in [-0.05, 0) is 5.56 Å². The molecule has 1 fully saturated rings. The zero-order chi connectivity index (χ0) is 10.7. The zero-order valence-corrected chi connectivity index (χ0v) is 8.56. The Balaban J connectivity index is 2.20. The number of rotatable bonds is 3. The summed E-state index contributed by atoms with van der Waals surface area (Å²) in [5, 5.41) is 0. The Morgan fingerprint density at radius 3 is 2.80 bits per heavy atom. The van der Waals surface area contributed by atoms with E-state index < -0.39 is 0 Å². The van der Waals surface area contributed by atoms with Crippen LogP contribution in [-0.2, 0) is 9.53 Å². The SMILES string of the molecule is C=CC[C@@H]1OC(=O)C[C@H]1c1ccccc1. The van der Waals surface area contributed by atoms with Crippen LogP contribution in [0.4, 0.5) is 0 Å². The van der Waals surface area contributed by atoms with Crippen LogP contribution in [0, 0.1) is 0 Å². The van der Waals surface area contributed by atoms with Gasteiger partial charge in [-0.25, -0.2) is 0 Å². The molecule has 0 bridgehead atoms. The Bertz CT molecular complexity index is 356. The first-order chi connectivity index (χ1) is 7.31. The third kappa shape index (κ3) is 2.09. The molecule has 0 amide bonds. The Morgan fingerprint density at radius 2 is 2.13 bits per heavy atom. The summed E-state index contributed by atoms with van der Waals surface area (Å²) in [5.74, 6) is 0.0902. The highest BCUT2D eigenvalue weighted by atomic mass is 16.5. The molecule has 15 heavy (non-hydrogen) atoms. The average Bonchev–Trinajstić information content (AvgIpc) is 2.62. The summed E-state index contributed by atoms with van der Waals surface area (Å²) in [5.41, 5.74) is 1.18. The van der Waals surface area contributed by atoms with Crippen LogP contribution in [0.1, 0.15) is 24.3 Å². The van der Waals surface area contributed by atoms with Crippen molar-refractivity contribution in [1.82, 2.24) is 0 Å². The molecule has 0 aliphatic carbocycles. The lowest BCUT2D eigenvalue weighted by molar-refractivity contribution is -0.141. The molecular weight excluding hydrogens is 188 g/mol. The summed E-state index contributed by atoms with van der Waals surface area (Å²) in [4.78, 5) is 11.3. The Hall–Kier alpha value is -1.57. The van der Waals surface area contributed by atoms with Gasteiger partial charge >= 0.3 is 5.97 Å². The van der Waals surface area contributed by atoms with Gasteiger partial charge < -0.3 is 4.74 Å². The first kappa shape index (κ1) is 9.97. The summed E-state index contributed by atoms with van der Waals surface area (Å²) >= 11 is 0. The second-order valence-electron chi connectivity index (χ2n) is 3.77. The molecule has 1 aromatic carbocycles. The Kier molecular flexibility index (Phi) is 2.86. The lowest BCUT2D eigenvalue weighted by Crippen LogP contribution is -2.13. The number of esters is 1. The minimum atomic E-state index is -0.101. The van der Waals surface area contributed by atoms with E-state index in [0.29, 0.717) is 6.42 Å². The van der Waals surface area contributed by atoms with Gasteiger partial charge in [0.1, 0.15) is 6.10 Å². The van der Waals surface area contributed by atoms with Crippen molar-refractivity contribution in [2.24, 2.45) is 0 Å². The maximum absolute atomic E-state index is 11.3. The minimum Gasteiger partial charge on any atom is -0.461 e. The summed E-state index contributed by atoms with van der Waals surface area (Å²) < 4.78 is 5.26. The van der Waals surface area contributed by atoms with Crippen LogP contribution in [0.2, 0.25) is 0 Å². The van der Waals surface area contributed by atoms with Crippen molar-refractivity contribution in [2.45, 2.75) is 24.9 Å². The van der Waals surface area contributed by atoms with E-state index >= 15 is 0 Å². The molecule has 1 aliphatic rings. The number of hydrogen-bond acceptors (Lipinski definition) is 2. The van der Waals surface area contributed by atoms with Crippen molar-refractivity contribution in [3.63, 3.8) is 0 Å². The number of ether oxygens (including phenoxy) is 1. The lowest BCUT2D eigenvalue weighted by Gasteiger charge is -2.15. The van der Waals surface area contributed by atoms with Crippen LogP contribution in [0.25, 0.3) is 0 Å². The molecule has 0 N–H and O–H groups in total. The van der Waals surface area contributed by atoms with E-state index in [1.807, 2.05) is 30.3 Å². The Morgan fingerprint density at radius 1 is 1.40 bits per heavy atom. The molecule has 1 heterocycles. The van der Waals surface area contributed by atoms with Gasteiger partial charge in [-0.15, -0.1) is 6.58 Å². The van der Waals surface area contributed by atoms with Crippen molar-refractivity contribution in [3.8, 4) is 0 Å². The van der Waals surface area contributed by atoms with E-state index in [0.717, 1.165) is 6.42 Å². The molecule has 0 unspecified atom stereocenters. The van der Waals surface area contributed by atoms with E-state index in [9.17, 15) is 4.79 Å². The summed E-state index contributed by atoms with van der Waals surface area (Å²) in [7, 11) is 0. The third-order valence-corrected chi connectivity index (χ3v) is 2.74. The van der Waals surface area contributed by atoms with Crippen LogP contribution >= 0.6 is 0 Å². The van der Waals surface area contributed by atoms with Crippen molar-refractivity contribution in [1.29, 1.82) is 0 Å². The highest BCUT2D eigenvalue weighted by Crippen LogP contribution is 2.33. The van der Waals surface area contributed by atoms with Gasteiger partial charge in [0.05, 0.1) is 6.42 Å². The van der Waals surface area contributed by atoms with Crippen molar-refractivity contribution in [3.05, 3.63) is 48.6 Å². The van der Waals surface area contributed by atoms with Gasteiger partial charge in [-0.2, -0.15) is 0 Å². The minimum absolute atomic E-state index is 0.0302. The molecule has 1 saturated heterocycles. The van der Waals surface area contributed by atoms with E-state index in [1.165, 1.54) is 5.56 Å². The zero-order valence-electron chi connectivity index (χ0n) is 8.56. The van der Waals surface area contributed by atoms with Gasteiger partial charge in [0.15, 0.2) is 0 Å². The van der Waals surface area contributed by atoms with Gasteiger partial charge in [-0.1, -0.05) is 36.4 Å². The molecular formula is C13H14O2. The number of benzene rings is 1. The first-order valence-electron chi connectivity index (χ1n) is 5.16. The number of carbonyl (C=O) groups excluding carboxylic acids is 1. The van der Waals surface area contributed by atoms with Crippen LogP contribution < -0.4 is 0 Å². The quantitative estimate of drug-likeness (QED) is 0.556. The van der Waals surface area contributed by atoms with E-state index in [2.05, 4.69) is 6.58 Å². The molecule has 2 atom stereocenters. The Labute approximate surface area is 89.6 Å². The molecule has 0 radical (unpaired) electrons. The average molecular weight is 202 g/mol. The monoisotopic (exact) mass is 202 g/mol. The van der Waals surface area contributed by atoms with Gasteiger partial charge in [0, 0.05) is 12.3 Å². The summed E-state index contributed by atoms with van der Waals surface area (Å²) in [6.45, 7) is 3.69. The molecule has 0 saturated carbocycles. The number of cyclic esters (lactones) is 1. The number of hydrogen-bond donors (Lipinski definition) is 0. The fraction of sp³-hybridized carbons (Fsp3) is 0.308. The number of carbonyl (C=O) groups is 1. The largest absolute Gasteiger partial charge is 0.461 e. The first-order valence-corrected chi connectivity index (χ1v) is 5.16. The van der Waals surface area contributed by atoms with E-state index in [1.54, 1.807) is 6.08 Å². The van der Waals surface area contributed by atoms with Crippen LogP contribution in [-0.4, -0.2) is 12.1 Å². The molecule has 78 valence electrons. The standard InChI is InChI=1S/C13H14O2/c1-2-6-12-11(9-13(14)15-12)10-7-4-3-5-8-10/h2-5,7-8,11-12H,1,6,9H2/t11-,12-/m0/s1.